The summed E-state index contributed by atoms with van der Waals surface area (Å²) in [6, 6.07) is 14.9. The molecule has 0 spiro atoms. The van der Waals surface area contributed by atoms with Crippen molar-refractivity contribution in [3.8, 4) is 5.75 Å². The molecule has 3 nitrogen and oxygen atoms in total. The summed E-state index contributed by atoms with van der Waals surface area (Å²) in [4.78, 5) is 14.8. The van der Waals surface area contributed by atoms with E-state index in [0.717, 1.165) is 24.9 Å². The maximum atomic E-state index is 12.8. The van der Waals surface area contributed by atoms with Crippen molar-refractivity contribution in [2.24, 2.45) is 0 Å². The first-order valence-corrected chi connectivity index (χ1v) is 9.47. The van der Waals surface area contributed by atoms with E-state index in [2.05, 4.69) is 19.1 Å². The van der Waals surface area contributed by atoms with Gasteiger partial charge in [-0.25, -0.2) is 0 Å². The lowest BCUT2D eigenvalue weighted by atomic mass is 10.1. The van der Waals surface area contributed by atoms with Crippen molar-refractivity contribution in [1.29, 1.82) is 0 Å². The molecule has 128 valence electrons. The average Bonchev–Trinajstić information content (AvgIpc) is 2.89. The fourth-order valence-corrected chi connectivity index (χ4v) is 3.92. The number of aryl methyl sites for hydroxylation is 1. The van der Waals surface area contributed by atoms with E-state index in [4.69, 9.17) is 12.2 Å². The normalized spacial score (nSPS) is 16.0. The highest BCUT2D eigenvalue weighted by Crippen LogP contribution is 2.37. The highest BCUT2D eigenvalue weighted by molar-refractivity contribution is 8.27. The van der Waals surface area contributed by atoms with Gasteiger partial charge in [0, 0.05) is 5.56 Å². The molecule has 0 bridgehead atoms. The first-order chi connectivity index (χ1) is 12.1. The van der Waals surface area contributed by atoms with Crippen LogP contribution in [0.1, 0.15) is 30.9 Å². The number of hydrogen-bond donors (Lipinski definition) is 1. The first kappa shape index (κ1) is 17.7. The molecule has 0 unspecified atom stereocenters. The number of carbonyl (C=O) groups excluding carboxylic acids is 1. The molecule has 3 rings (SSSR count). The Bertz CT molecular complexity index is 828. The van der Waals surface area contributed by atoms with E-state index in [1.54, 1.807) is 29.2 Å². The van der Waals surface area contributed by atoms with Crippen LogP contribution in [0, 0.1) is 0 Å². The number of benzene rings is 2. The molecule has 0 saturated carbocycles. The fourth-order valence-electron chi connectivity index (χ4n) is 2.63. The smallest absolute Gasteiger partial charge is 0.270 e. The maximum Gasteiger partial charge on any atom is 0.270 e. The number of aromatic hydroxyl groups is 1. The summed E-state index contributed by atoms with van der Waals surface area (Å²) in [5.74, 6) is -0.00685. The predicted octanol–water partition coefficient (Wildman–Crippen LogP) is 5.14. The van der Waals surface area contributed by atoms with Crippen LogP contribution < -0.4 is 4.90 Å². The summed E-state index contributed by atoms with van der Waals surface area (Å²) in [5.41, 5.74) is 2.65. The van der Waals surface area contributed by atoms with Gasteiger partial charge in [0.2, 0.25) is 0 Å². The minimum absolute atomic E-state index is 0.146. The summed E-state index contributed by atoms with van der Waals surface area (Å²) in [6.07, 6.45) is 5.05. The lowest BCUT2D eigenvalue weighted by Gasteiger charge is -2.15. The van der Waals surface area contributed by atoms with E-state index < -0.39 is 0 Å². The van der Waals surface area contributed by atoms with Gasteiger partial charge in [-0.05, 0) is 42.7 Å². The minimum atomic E-state index is -0.153. The molecular weight excluding hydrogens is 350 g/mol. The largest absolute Gasteiger partial charge is 0.507 e. The number of carbonyl (C=O) groups is 1. The molecule has 2 aromatic carbocycles. The molecular formula is C20H19NO2S2. The quantitative estimate of drug-likeness (QED) is 0.585. The number of thioether (sulfide) groups is 1. The van der Waals surface area contributed by atoms with Crippen LogP contribution in [0.4, 0.5) is 5.69 Å². The molecule has 0 aromatic heterocycles. The number of para-hydroxylation sites is 1. The number of hydrogen-bond acceptors (Lipinski definition) is 4. The van der Waals surface area contributed by atoms with Crippen molar-refractivity contribution >= 4 is 46.0 Å². The van der Waals surface area contributed by atoms with Gasteiger partial charge in [0.25, 0.3) is 5.91 Å². The Morgan fingerprint density at radius 2 is 1.88 bits per heavy atom. The molecule has 1 amide bonds. The van der Waals surface area contributed by atoms with Gasteiger partial charge < -0.3 is 5.11 Å². The fraction of sp³-hybridized carbons (Fsp3) is 0.200. The zero-order valence-corrected chi connectivity index (χ0v) is 15.6. The molecule has 1 saturated heterocycles. The van der Waals surface area contributed by atoms with Gasteiger partial charge in [-0.1, -0.05) is 67.7 Å². The monoisotopic (exact) mass is 369 g/mol. The van der Waals surface area contributed by atoms with Crippen molar-refractivity contribution in [2.75, 3.05) is 4.90 Å². The maximum absolute atomic E-state index is 12.8. The second-order valence-electron chi connectivity index (χ2n) is 5.85. The Kier molecular flexibility index (Phi) is 5.56. The van der Waals surface area contributed by atoms with Crippen molar-refractivity contribution in [3.63, 3.8) is 0 Å². The van der Waals surface area contributed by atoms with Crippen molar-refractivity contribution in [1.82, 2.24) is 0 Å². The van der Waals surface area contributed by atoms with Crippen molar-refractivity contribution in [3.05, 3.63) is 64.6 Å². The van der Waals surface area contributed by atoms with E-state index in [-0.39, 0.29) is 11.7 Å². The zero-order chi connectivity index (χ0) is 17.8. The third-order valence-corrected chi connectivity index (χ3v) is 5.33. The molecule has 0 atom stereocenters. The lowest BCUT2D eigenvalue weighted by Crippen LogP contribution is -2.27. The minimum Gasteiger partial charge on any atom is -0.507 e. The molecule has 25 heavy (non-hydrogen) atoms. The summed E-state index contributed by atoms with van der Waals surface area (Å²) in [7, 11) is 0. The number of rotatable bonds is 5. The number of thiocarbonyl (C=S) groups is 1. The Balaban J connectivity index is 1.83. The summed E-state index contributed by atoms with van der Waals surface area (Å²) < 4.78 is 0.507. The Hall–Kier alpha value is -2.11. The molecule has 5 heteroatoms. The molecule has 1 fully saturated rings. The number of unbranched alkanes of at least 4 members (excludes halogenated alkanes) is 1. The summed E-state index contributed by atoms with van der Waals surface area (Å²) in [5, 5.41) is 9.90. The second-order valence-corrected chi connectivity index (χ2v) is 7.52. The number of amides is 1. The van der Waals surface area contributed by atoms with Crippen LogP contribution in [0.25, 0.3) is 6.08 Å². The van der Waals surface area contributed by atoms with Crippen molar-refractivity contribution in [2.45, 2.75) is 26.2 Å². The van der Waals surface area contributed by atoms with Gasteiger partial charge in [0.05, 0.1) is 10.6 Å². The van der Waals surface area contributed by atoms with E-state index in [0.29, 0.717) is 14.8 Å². The van der Waals surface area contributed by atoms with Gasteiger partial charge >= 0.3 is 0 Å². The second kappa shape index (κ2) is 7.85. The highest BCUT2D eigenvalue weighted by Gasteiger charge is 2.33. The number of phenolic OH excluding ortho intramolecular Hbond substituents is 1. The van der Waals surface area contributed by atoms with Gasteiger partial charge in [-0.3, -0.25) is 9.69 Å². The zero-order valence-electron chi connectivity index (χ0n) is 13.9. The number of anilines is 1. The molecule has 1 aliphatic rings. The third-order valence-electron chi connectivity index (χ3n) is 4.03. The topological polar surface area (TPSA) is 40.5 Å². The summed E-state index contributed by atoms with van der Waals surface area (Å²) in [6.45, 7) is 2.17. The molecule has 1 aliphatic heterocycles. The number of phenols is 1. The average molecular weight is 370 g/mol. The molecule has 1 heterocycles. The third kappa shape index (κ3) is 3.94. The lowest BCUT2D eigenvalue weighted by molar-refractivity contribution is -0.113. The van der Waals surface area contributed by atoms with Crippen molar-refractivity contribution < 1.29 is 9.90 Å². The van der Waals surface area contributed by atoms with E-state index in [9.17, 15) is 9.90 Å². The first-order valence-electron chi connectivity index (χ1n) is 8.25. The van der Waals surface area contributed by atoms with Crippen LogP contribution in [0.15, 0.2) is 53.4 Å². The van der Waals surface area contributed by atoms with E-state index in [1.807, 2.05) is 18.2 Å². The van der Waals surface area contributed by atoms with Crippen LogP contribution in [0.2, 0.25) is 0 Å². The van der Waals surface area contributed by atoms with E-state index in [1.165, 1.54) is 17.3 Å². The number of nitrogens with zero attached hydrogens (tertiary/aromatic N) is 1. The van der Waals surface area contributed by atoms with E-state index >= 15 is 0 Å². The van der Waals surface area contributed by atoms with Gasteiger partial charge in [-0.2, -0.15) is 0 Å². The van der Waals surface area contributed by atoms with Gasteiger partial charge in [-0.15, -0.1) is 0 Å². The Labute approximate surface area is 157 Å². The SMILES string of the molecule is CCCCc1ccc(N2C(=O)/C(=C/c3ccccc3O)SC2=S)cc1. The predicted molar refractivity (Wildman–Crippen MR) is 109 cm³/mol. The molecule has 0 aliphatic carbocycles. The van der Waals surface area contributed by atoms with Crippen LogP contribution >= 0.6 is 24.0 Å². The summed E-state index contributed by atoms with van der Waals surface area (Å²) >= 11 is 6.65. The molecule has 0 radical (unpaired) electrons. The molecule has 1 N–H and O–H groups in total. The highest BCUT2D eigenvalue weighted by atomic mass is 32.2. The standard InChI is InChI=1S/C20H19NO2S2/c1-2-3-6-14-9-11-16(12-10-14)21-19(23)18(25-20(21)24)13-15-7-4-5-8-17(15)22/h4-5,7-13,22H,2-3,6H2,1H3/b18-13-. The Morgan fingerprint density at radius 1 is 1.16 bits per heavy atom. The van der Waals surface area contributed by atoms with Crippen LogP contribution in [-0.4, -0.2) is 15.3 Å². The van der Waals surface area contributed by atoms with Gasteiger partial charge in [0.15, 0.2) is 4.32 Å². The van der Waals surface area contributed by atoms with Crippen LogP contribution in [0.3, 0.4) is 0 Å². The molecule has 2 aromatic rings. The Morgan fingerprint density at radius 3 is 2.56 bits per heavy atom. The van der Waals surface area contributed by atoms with Crippen LogP contribution in [0.5, 0.6) is 5.75 Å². The van der Waals surface area contributed by atoms with Gasteiger partial charge in [0.1, 0.15) is 5.75 Å². The van der Waals surface area contributed by atoms with Crippen LogP contribution in [-0.2, 0) is 11.2 Å².